The van der Waals surface area contributed by atoms with Crippen molar-refractivity contribution >= 4 is 5.91 Å². The van der Waals surface area contributed by atoms with E-state index in [4.69, 9.17) is 0 Å². The predicted octanol–water partition coefficient (Wildman–Crippen LogP) is 2.31. The Bertz CT molecular complexity index is 304. The van der Waals surface area contributed by atoms with Gasteiger partial charge in [0.2, 0.25) is 5.91 Å². The molecule has 4 nitrogen and oxygen atoms in total. The van der Waals surface area contributed by atoms with E-state index in [-0.39, 0.29) is 12.0 Å². The molecular weight excluding hydrogens is 264 g/mol. The first-order valence-corrected chi connectivity index (χ1v) is 8.85. The molecule has 0 radical (unpaired) electrons. The molecule has 0 bridgehead atoms. The van der Waals surface area contributed by atoms with Crippen LogP contribution in [0.4, 0.5) is 0 Å². The molecule has 0 aromatic carbocycles. The van der Waals surface area contributed by atoms with Crippen LogP contribution in [0, 0.1) is 5.92 Å². The van der Waals surface area contributed by atoms with E-state index in [9.17, 15) is 9.90 Å². The number of piperidine rings is 1. The lowest BCUT2D eigenvalue weighted by atomic mass is 9.92. The lowest BCUT2D eigenvalue weighted by Crippen LogP contribution is -2.45. The highest BCUT2D eigenvalue weighted by atomic mass is 16.3. The van der Waals surface area contributed by atoms with Crippen molar-refractivity contribution in [3.63, 3.8) is 0 Å². The number of carbonyl (C=O) groups excluding carboxylic acids is 1. The fourth-order valence-electron chi connectivity index (χ4n) is 3.67. The van der Waals surface area contributed by atoms with E-state index in [0.717, 1.165) is 38.8 Å². The van der Waals surface area contributed by atoms with Gasteiger partial charge in [0, 0.05) is 6.04 Å². The number of aliphatic hydroxyl groups is 1. The van der Waals surface area contributed by atoms with Crippen LogP contribution in [0.1, 0.15) is 64.7 Å². The summed E-state index contributed by atoms with van der Waals surface area (Å²) in [5.41, 5.74) is 0. The Hall–Kier alpha value is -0.610. The van der Waals surface area contributed by atoms with Gasteiger partial charge in [-0.1, -0.05) is 32.1 Å². The van der Waals surface area contributed by atoms with E-state index < -0.39 is 0 Å². The SMILES string of the molecule is CC(O)C1CCN(CC(=O)NC2CCCCCCC2)CC1. The number of amides is 1. The van der Waals surface area contributed by atoms with E-state index in [2.05, 4.69) is 10.2 Å². The second kappa shape index (κ2) is 8.74. The summed E-state index contributed by atoms with van der Waals surface area (Å²) in [6.45, 7) is 4.28. The van der Waals surface area contributed by atoms with Gasteiger partial charge in [-0.25, -0.2) is 0 Å². The number of aliphatic hydroxyl groups excluding tert-OH is 1. The number of nitrogens with zero attached hydrogens (tertiary/aromatic N) is 1. The van der Waals surface area contributed by atoms with E-state index in [1.54, 1.807) is 0 Å². The molecule has 21 heavy (non-hydrogen) atoms. The van der Waals surface area contributed by atoms with Crippen LogP contribution >= 0.6 is 0 Å². The van der Waals surface area contributed by atoms with Crippen LogP contribution in [0.3, 0.4) is 0 Å². The van der Waals surface area contributed by atoms with Gasteiger partial charge >= 0.3 is 0 Å². The van der Waals surface area contributed by atoms with Crippen molar-refractivity contribution in [1.29, 1.82) is 0 Å². The molecule has 0 spiro atoms. The van der Waals surface area contributed by atoms with E-state index in [1.807, 2.05) is 6.92 Å². The Balaban J connectivity index is 1.67. The van der Waals surface area contributed by atoms with Gasteiger partial charge in [0.1, 0.15) is 0 Å². The highest BCUT2D eigenvalue weighted by Gasteiger charge is 2.24. The third-order valence-corrected chi connectivity index (χ3v) is 5.15. The fourth-order valence-corrected chi connectivity index (χ4v) is 3.67. The lowest BCUT2D eigenvalue weighted by Gasteiger charge is -2.33. The zero-order valence-corrected chi connectivity index (χ0v) is 13.5. The molecule has 1 aliphatic carbocycles. The molecule has 1 atom stereocenters. The van der Waals surface area contributed by atoms with E-state index in [1.165, 1.54) is 32.1 Å². The van der Waals surface area contributed by atoms with Crippen molar-refractivity contribution in [3.05, 3.63) is 0 Å². The molecule has 1 unspecified atom stereocenters. The smallest absolute Gasteiger partial charge is 0.234 e. The molecule has 1 saturated carbocycles. The summed E-state index contributed by atoms with van der Waals surface area (Å²) in [5.74, 6) is 0.603. The highest BCUT2D eigenvalue weighted by molar-refractivity contribution is 5.78. The number of hydrogen-bond donors (Lipinski definition) is 2. The molecule has 2 fully saturated rings. The minimum atomic E-state index is -0.212. The van der Waals surface area contributed by atoms with Gasteiger partial charge in [-0.15, -0.1) is 0 Å². The summed E-state index contributed by atoms with van der Waals surface area (Å²) in [4.78, 5) is 14.4. The zero-order chi connectivity index (χ0) is 15.1. The van der Waals surface area contributed by atoms with Crippen LogP contribution in [0.25, 0.3) is 0 Å². The van der Waals surface area contributed by atoms with Gasteiger partial charge in [0.05, 0.1) is 12.6 Å². The average Bonchev–Trinajstić information content (AvgIpc) is 2.42. The number of nitrogens with one attached hydrogen (secondary N) is 1. The minimum Gasteiger partial charge on any atom is -0.393 e. The van der Waals surface area contributed by atoms with Gasteiger partial charge in [0.15, 0.2) is 0 Å². The summed E-state index contributed by atoms with van der Waals surface area (Å²) in [6, 6.07) is 0.396. The molecular formula is C17H32N2O2. The van der Waals surface area contributed by atoms with Crippen molar-refractivity contribution in [2.45, 2.75) is 76.9 Å². The number of carbonyl (C=O) groups is 1. The summed E-state index contributed by atoms with van der Waals surface area (Å²) in [5, 5.41) is 12.9. The molecule has 1 amide bonds. The number of rotatable bonds is 4. The third-order valence-electron chi connectivity index (χ3n) is 5.15. The Morgan fingerprint density at radius 3 is 2.24 bits per heavy atom. The van der Waals surface area contributed by atoms with Gasteiger partial charge in [-0.05, 0) is 51.6 Å². The van der Waals surface area contributed by atoms with E-state index >= 15 is 0 Å². The predicted molar refractivity (Wildman–Crippen MR) is 85.1 cm³/mol. The van der Waals surface area contributed by atoms with Crippen LogP contribution in [-0.2, 0) is 4.79 Å². The topological polar surface area (TPSA) is 52.6 Å². The Morgan fingerprint density at radius 1 is 1.10 bits per heavy atom. The van der Waals surface area contributed by atoms with Crippen molar-refractivity contribution in [2.75, 3.05) is 19.6 Å². The monoisotopic (exact) mass is 296 g/mol. The van der Waals surface area contributed by atoms with Gasteiger partial charge in [-0.3, -0.25) is 9.69 Å². The first-order valence-electron chi connectivity index (χ1n) is 8.85. The number of likely N-dealkylation sites (tertiary alicyclic amines) is 1. The van der Waals surface area contributed by atoms with Crippen molar-refractivity contribution < 1.29 is 9.90 Å². The zero-order valence-electron chi connectivity index (χ0n) is 13.5. The standard InChI is InChI=1S/C17H32N2O2/c1-14(20)15-9-11-19(12-10-15)13-17(21)18-16-7-5-3-2-4-6-8-16/h14-16,20H,2-13H2,1H3,(H,18,21). The van der Waals surface area contributed by atoms with Crippen LogP contribution in [-0.4, -0.2) is 47.7 Å². The Kier molecular flexibility index (Phi) is 6.97. The highest BCUT2D eigenvalue weighted by Crippen LogP contribution is 2.20. The Labute approximate surface area is 129 Å². The average molecular weight is 296 g/mol. The first-order chi connectivity index (χ1) is 10.1. The van der Waals surface area contributed by atoms with Crippen LogP contribution in [0.5, 0.6) is 0 Å². The first kappa shape index (κ1) is 16.8. The van der Waals surface area contributed by atoms with Crippen molar-refractivity contribution in [3.8, 4) is 0 Å². The maximum atomic E-state index is 12.2. The Morgan fingerprint density at radius 2 is 1.67 bits per heavy atom. The molecule has 1 heterocycles. The molecule has 2 N–H and O–H groups in total. The molecule has 4 heteroatoms. The van der Waals surface area contributed by atoms with Gasteiger partial charge in [-0.2, -0.15) is 0 Å². The van der Waals surface area contributed by atoms with E-state index in [0.29, 0.717) is 18.5 Å². The molecule has 2 aliphatic rings. The van der Waals surface area contributed by atoms with Gasteiger partial charge in [0.25, 0.3) is 0 Å². The van der Waals surface area contributed by atoms with Crippen LogP contribution in [0.15, 0.2) is 0 Å². The maximum absolute atomic E-state index is 12.2. The third kappa shape index (κ3) is 5.95. The molecule has 0 aromatic rings. The second-order valence-electron chi connectivity index (χ2n) is 6.96. The lowest BCUT2D eigenvalue weighted by molar-refractivity contribution is -0.123. The molecule has 2 rings (SSSR count). The largest absolute Gasteiger partial charge is 0.393 e. The van der Waals surface area contributed by atoms with Crippen LogP contribution in [0.2, 0.25) is 0 Å². The molecule has 0 aromatic heterocycles. The normalized spacial score (nSPS) is 25.0. The summed E-state index contributed by atoms with van der Waals surface area (Å²) < 4.78 is 0. The fraction of sp³-hybridized carbons (Fsp3) is 0.941. The van der Waals surface area contributed by atoms with Crippen molar-refractivity contribution in [2.24, 2.45) is 5.92 Å². The molecule has 1 saturated heterocycles. The van der Waals surface area contributed by atoms with Crippen LogP contribution < -0.4 is 5.32 Å². The summed E-state index contributed by atoms with van der Waals surface area (Å²) in [6.07, 6.45) is 10.6. The summed E-state index contributed by atoms with van der Waals surface area (Å²) >= 11 is 0. The maximum Gasteiger partial charge on any atom is 0.234 e. The molecule has 1 aliphatic heterocycles. The second-order valence-corrected chi connectivity index (χ2v) is 6.96. The quantitative estimate of drug-likeness (QED) is 0.837. The molecule has 122 valence electrons. The van der Waals surface area contributed by atoms with Crippen molar-refractivity contribution in [1.82, 2.24) is 10.2 Å². The van der Waals surface area contributed by atoms with Gasteiger partial charge < -0.3 is 10.4 Å². The minimum absolute atomic E-state index is 0.191. The number of hydrogen-bond acceptors (Lipinski definition) is 3. The summed E-state index contributed by atoms with van der Waals surface area (Å²) in [7, 11) is 0.